The van der Waals surface area contributed by atoms with Crippen molar-refractivity contribution in [3.8, 4) is 11.5 Å². The van der Waals surface area contributed by atoms with Gasteiger partial charge in [-0.25, -0.2) is 18.9 Å². The maximum atomic E-state index is 13.0. The third-order valence-corrected chi connectivity index (χ3v) is 12.0. The van der Waals surface area contributed by atoms with Crippen molar-refractivity contribution in [1.82, 2.24) is 15.0 Å². The lowest BCUT2D eigenvalue weighted by Gasteiger charge is -2.34. The molecule has 66 heavy (non-hydrogen) atoms. The number of aromatic hydroxyl groups is 1. The lowest BCUT2D eigenvalue weighted by molar-refractivity contribution is -0.165. The number of likely N-dealkylation sites (tertiary alicyclic amines) is 1. The maximum absolute atomic E-state index is 13.0. The van der Waals surface area contributed by atoms with Crippen LogP contribution >= 0.6 is 12.4 Å². The van der Waals surface area contributed by atoms with Crippen LogP contribution in [0.4, 0.5) is 8.78 Å². The molecule has 3 aliphatic heterocycles. The Kier molecular flexibility index (Phi) is 20.7. The third kappa shape index (κ3) is 17.5. The summed E-state index contributed by atoms with van der Waals surface area (Å²) < 4.78 is 84.4. The molecule has 3 aliphatic rings. The zero-order chi connectivity index (χ0) is 47.1. The number of rotatable bonds is 16. The van der Waals surface area contributed by atoms with Crippen molar-refractivity contribution in [2.75, 3.05) is 59.1 Å². The first-order valence-electron chi connectivity index (χ1n) is 20.9. The Hall–Kier alpha value is -4.77. The van der Waals surface area contributed by atoms with E-state index in [9.17, 15) is 40.3 Å². The molecule has 16 nitrogen and oxygen atoms in total. The summed E-state index contributed by atoms with van der Waals surface area (Å²) in [5, 5.41) is 12.0. The predicted molar refractivity (Wildman–Crippen MR) is 243 cm³/mol. The number of benzene rings is 4. The maximum Gasteiger partial charge on any atom is 0.266 e. The molecule has 0 radical (unpaired) electrons. The van der Waals surface area contributed by atoms with Gasteiger partial charge in [-0.15, -0.1) is 12.4 Å². The number of phenols is 1. The molecule has 3 N–H and O–H groups in total. The van der Waals surface area contributed by atoms with Gasteiger partial charge in [0.1, 0.15) is 35.2 Å². The van der Waals surface area contributed by atoms with Crippen molar-refractivity contribution < 1.29 is 63.1 Å². The van der Waals surface area contributed by atoms with E-state index in [-0.39, 0.29) is 73.4 Å². The zero-order valence-electron chi connectivity index (χ0n) is 36.9. The molecular formula is C45H57ClF2N4O12S2. The molecule has 21 heteroatoms. The van der Waals surface area contributed by atoms with Crippen LogP contribution in [0.2, 0.25) is 0 Å². The molecule has 3 fully saturated rings. The second-order valence-corrected chi connectivity index (χ2v) is 19.0. The van der Waals surface area contributed by atoms with Crippen LogP contribution in [0.25, 0.3) is 0 Å². The molecule has 0 spiro atoms. The van der Waals surface area contributed by atoms with Gasteiger partial charge in [-0.3, -0.25) is 32.5 Å². The van der Waals surface area contributed by atoms with Crippen molar-refractivity contribution in [1.29, 1.82) is 0 Å². The summed E-state index contributed by atoms with van der Waals surface area (Å²) in [6.45, 7) is 2.94. The number of amides is 2. The average Bonchev–Trinajstić information content (AvgIpc) is 3.80. The van der Waals surface area contributed by atoms with Crippen molar-refractivity contribution in [2.24, 2.45) is 5.73 Å². The van der Waals surface area contributed by atoms with Gasteiger partial charge in [0.15, 0.2) is 0 Å². The molecule has 2 atom stereocenters. The Morgan fingerprint density at radius 3 is 1.62 bits per heavy atom. The fourth-order valence-electron chi connectivity index (χ4n) is 7.30. The van der Waals surface area contributed by atoms with Crippen LogP contribution in [0.15, 0.2) is 97.1 Å². The number of nitrogens with zero attached hydrogens (tertiary/aromatic N) is 3. The van der Waals surface area contributed by atoms with Crippen LogP contribution in [-0.4, -0.2) is 120 Å². The molecule has 0 aliphatic carbocycles. The summed E-state index contributed by atoms with van der Waals surface area (Å²) >= 11 is 0. The van der Waals surface area contributed by atoms with Gasteiger partial charge >= 0.3 is 0 Å². The van der Waals surface area contributed by atoms with E-state index in [4.69, 9.17) is 28.5 Å². The second kappa shape index (κ2) is 25.4. The molecule has 2 amide bonds. The molecule has 4 aromatic carbocycles. The molecular weight excluding hydrogens is 926 g/mol. The van der Waals surface area contributed by atoms with Gasteiger partial charge in [0.25, 0.3) is 32.1 Å². The van der Waals surface area contributed by atoms with Gasteiger partial charge in [-0.2, -0.15) is 16.8 Å². The highest BCUT2D eigenvalue weighted by atomic mass is 35.5. The first-order valence-corrected chi connectivity index (χ1v) is 24.5. The van der Waals surface area contributed by atoms with Crippen molar-refractivity contribution >= 4 is 44.5 Å². The van der Waals surface area contributed by atoms with Crippen molar-refractivity contribution in [2.45, 2.75) is 62.7 Å². The van der Waals surface area contributed by atoms with Gasteiger partial charge in [0, 0.05) is 0 Å². The lowest BCUT2D eigenvalue weighted by atomic mass is 9.89. The number of carbonyl (C=O) groups is 2. The Morgan fingerprint density at radius 2 is 1.18 bits per heavy atom. The Balaban J connectivity index is 0.000000223. The molecule has 3 heterocycles. The molecule has 7 rings (SSSR count). The number of ether oxygens (including phenoxy) is 1. The van der Waals surface area contributed by atoms with Gasteiger partial charge in [-0.05, 0) is 121 Å². The predicted octanol–water partition coefficient (Wildman–Crippen LogP) is 5.41. The van der Waals surface area contributed by atoms with E-state index in [1.54, 1.807) is 55.6 Å². The van der Waals surface area contributed by atoms with E-state index in [2.05, 4.69) is 4.90 Å². The molecule has 0 saturated carbocycles. The average molecular weight is 984 g/mol. The molecule has 362 valence electrons. The van der Waals surface area contributed by atoms with E-state index in [1.807, 2.05) is 24.3 Å². The van der Waals surface area contributed by atoms with Crippen molar-refractivity contribution in [3.05, 3.63) is 131 Å². The smallest absolute Gasteiger partial charge is 0.266 e. The Bertz CT molecular complexity index is 2320. The quantitative estimate of drug-likeness (QED) is 0.135. The fourth-order valence-corrected chi connectivity index (χ4v) is 8.10. The minimum Gasteiger partial charge on any atom is -0.508 e. The van der Waals surface area contributed by atoms with Gasteiger partial charge in [-0.1, -0.05) is 48.5 Å². The van der Waals surface area contributed by atoms with Crippen LogP contribution < -0.4 is 10.5 Å². The minimum atomic E-state index is -3.50. The number of hydrogen-bond acceptors (Lipinski definition) is 14. The second-order valence-electron chi connectivity index (χ2n) is 15.7. The van der Waals surface area contributed by atoms with Gasteiger partial charge in [0.2, 0.25) is 0 Å². The highest BCUT2D eigenvalue weighted by Gasteiger charge is 2.39. The number of carbonyl (C=O) groups excluding carboxylic acids is 2. The number of halogens is 3. The highest BCUT2D eigenvalue weighted by Crippen LogP contribution is 2.31. The number of piperidine rings is 1. The standard InChI is InChI=1S/C21H23FN2O3.C14H22O7S2.C10H11FN2O2.ClH/c22-18-5-1-15(2-6-18)13-24-21(26)20(14-27-24)23-11-9-17(10-12-23)16-3-7-19(25)8-4-16;1-19-14-6-4-12(5-7-14)13(8-10-20-22(2,15)16)9-11-21-23(3,17)18;11-8-3-1-7(2-4-8)5-13-10(14)9(12)6-15-13;/h1-8,17,20,25H,9-14H2;4-7,13H,8-11H2,1-3H3;1-4,9H,5-6,12H2;1H/t;;9-;/m..1./s1. The zero-order valence-corrected chi connectivity index (χ0v) is 39.3. The number of phenolic OH excluding ortho intramolecular Hbond substituents is 1. The van der Waals surface area contributed by atoms with Crippen LogP contribution in [-0.2, 0) is 61.0 Å². The van der Waals surface area contributed by atoms with E-state index in [1.165, 1.54) is 40.0 Å². The Labute approximate surface area is 391 Å². The first kappa shape index (κ1) is 53.8. The summed E-state index contributed by atoms with van der Waals surface area (Å²) in [4.78, 5) is 37.0. The molecule has 4 aromatic rings. The van der Waals surface area contributed by atoms with Gasteiger partial charge in [0.05, 0.1) is 59.1 Å². The van der Waals surface area contributed by atoms with Crippen LogP contribution in [0.1, 0.15) is 59.8 Å². The van der Waals surface area contributed by atoms with Crippen LogP contribution in [0.5, 0.6) is 11.5 Å². The number of hydrogen-bond donors (Lipinski definition) is 2. The van der Waals surface area contributed by atoms with Crippen LogP contribution in [0.3, 0.4) is 0 Å². The highest BCUT2D eigenvalue weighted by molar-refractivity contribution is 7.86. The Morgan fingerprint density at radius 1 is 0.712 bits per heavy atom. The van der Waals surface area contributed by atoms with Crippen LogP contribution in [0, 0.1) is 11.6 Å². The topological polar surface area (TPSA) is 205 Å². The lowest BCUT2D eigenvalue weighted by Crippen LogP contribution is -2.46. The number of methoxy groups -OCH3 is 1. The summed E-state index contributed by atoms with van der Waals surface area (Å²) in [6, 6.07) is 25.9. The SMILES string of the molecule is COc1ccc(C(CCOS(C)(=O)=O)CCOS(C)(=O)=O)cc1.Cl.N[C@@H]1CON(Cc2ccc(F)cc2)C1=O.O=C1C(N2CCC(c3ccc(O)cc3)CC2)CON1Cc1ccc(F)cc1. The third-order valence-electron chi connectivity index (χ3n) is 10.8. The monoisotopic (exact) mass is 982 g/mol. The molecule has 1 unspecified atom stereocenters. The number of nitrogens with two attached hydrogens (primary N) is 1. The summed E-state index contributed by atoms with van der Waals surface area (Å²) in [7, 11) is -5.45. The summed E-state index contributed by atoms with van der Waals surface area (Å²) in [5.74, 6) is 0.491. The minimum absolute atomic E-state index is 0. The van der Waals surface area contributed by atoms with Gasteiger partial charge < -0.3 is 15.6 Å². The van der Waals surface area contributed by atoms with E-state index < -0.39 is 26.3 Å². The van der Waals surface area contributed by atoms with E-state index in [0.29, 0.717) is 44.2 Å². The van der Waals surface area contributed by atoms with Crippen molar-refractivity contribution in [3.63, 3.8) is 0 Å². The van der Waals surface area contributed by atoms with E-state index >= 15 is 0 Å². The largest absolute Gasteiger partial charge is 0.508 e. The molecule has 0 bridgehead atoms. The normalized spacial score (nSPS) is 18.0. The summed E-state index contributed by atoms with van der Waals surface area (Å²) in [6.07, 6.45) is 4.78. The summed E-state index contributed by atoms with van der Waals surface area (Å²) in [5.41, 5.74) is 9.28. The fraction of sp³-hybridized carbons (Fsp3) is 0.422. The first-order chi connectivity index (χ1) is 30.9. The molecule has 3 saturated heterocycles. The number of hydroxylamine groups is 4. The van der Waals surface area contributed by atoms with E-state index in [0.717, 1.165) is 55.1 Å². The molecule has 0 aromatic heterocycles.